The van der Waals surface area contributed by atoms with E-state index in [9.17, 15) is 4.79 Å². The smallest absolute Gasteiger partial charge is 0.278 e. The zero-order valence-electron chi connectivity index (χ0n) is 7.98. The van der Waals surface area contributed by atoms with Crippen molar-refractivity contribution in [3.05, 3.63) is 28.6 Å². The van der Waals surface area contributed by atoms with Crippen LogP contribution in [0.2, 0.25) is 0 Å². The molecule has 0 bridgehead atoms. The van der Waals surface area contributed by atoms with Gasteiger partial charge in [0.15, 0.2) is 11.2 Å². The minimum absolute atomic E-state index is 0.252. The van der Waals surface area contributed by atoms with E-state index in [1.54, 1.807) is 6.20 Å². The van der Waals surface area contributed by atoms with Crippen molar-refractivity contribution < 1.29 is 0 Å². The van der Waals surface area contributed by atoms with Gasteiger partial charge in [-0.1, -0.05) is 13.8 Å². The van der Waals surface area contributed by atoms with Gasteiger partial charge in [-0.05, 0) is 5.92 Å². The van der Waals surface area contributed by atoms with E-state index in [-0.39, 0.29) is 17.0 Å². The van der Waals surface area contributed by atoms with Gasteiger partial charge in [0.1, 0.15) is 0 Å². The highest BCUT2D eigenvalue weighted by molar-refractivity contribution is 5.67. The summed E-state index contributed by atoms with van der Waals surface area (Å²) in [7, 11) is 0. The molecule has 2 heterocycles. The Kier molecular flexibility index (Phi) is 1.99. The van der Waals surface area contributed by atoms with Crippen LogP contribution in [0, 0.1) is 0 Å². The summed E-state index contributed by atoms with van der Waals surface area (Å²) in [6.07, 6.45) is 2.95. The largest absolute Gasteiger partial charge is 0.311 e. The van der Waals surface area contributed by atoms with Crippen molar-refractivity contribution in [1.29, 1.82) is 0 Å². The second-order valence-corrected chi connectivity index (χ2v) is 3.35. The second kappa shape index (κ2) is 3.17. The van der Waals surface area contributed by atoms with Crippen LogP contribution in [0.25, 0.3) is 11.2 Å². The predicted octanol–water partition coefficient (Wildman–Crippen LogP) is 0.836. The molecule has 5 nitrogen and oxygen atoms in total. The first-order valence-electron chi connectivity index (χ1n) is 4.39. The number of nitrogens with zero attached hydrogens (tertiary/aromatic N) is 3. The Morgan fingerprint density at radius 2 is 2.14 bits per heavy atom. The van der Waals surface area contributed by atoms with E-state index in [0.717, 1.165) is 5.69 Å². The topological polar surface area (TPSA) is 71.5 Å². The second-order valence-electron chi connectivity index (χ2n) is 3.35. The van der Waals surface area contributed by atoms with Gasteiger partial charge in [-0.25, -0.2) is 15.0 Å². The molecular weight excluding hydrogens is 180 g/mol. The molecule has 2 aromatic heterocycles. The zero-order chi connectivity index (χ0) is 10.1. The minimum atomic E-state index is -0.252. The molecule has 0 aliphatic heterocycles. The number of aromatic nitrogens is 4. The maximum atomic E-state index is 11.3. The summed E-state index contributed by atoms with van der Waals surface area (Å²) in [4.78, 5) is 25.9. The molecule has 0 fully saturated rings. The molecular formula is C9H10N4O. The van der Waals surface area contributed by atoms with E-state index >= 15 is 0 Å². The van der Waals surface area contributed by atoms with Crippen molar-refractivity contribution in [2.75, 3.05) is 0 Å². The molecule has 0 saturated carbocycles. The maximum absolute atomic E-state index is 11.3. The fraction of sp³-hybridized carbons (Fsp3) is 0.333. The number of aromatic amines is 1. The van der Waals surface area contributed by atoms with Gasteiger partial charge < -0.3 is 4.98 Å². The standard InChI is InChI=1S/C9H10N4O/c1-5(2)6-3-10-7-8(13-6)11-4-12-9(7)14/h3-5H,1-2H3,(H,11,12,13,14). The number of fused-ring (bicyclic) bond motifs is 1. The van der Waals surface area contributed by atoms with Gasteiger partial charge in [-0.15, -0.1) is 0 Å². The van der Waals surface area contributed by atoms with Crippen molar-refractivity contribution in [1.82, 2.24) is 19.9 Å². The van der Waals surface area contributed by atoms with Crippen molar-refractivity contribution >= 4 is 11.2 Å². The number of hydrogen-bond donors (Lipinski definition) is 1. The summed E-state index contributed by atoms with van der Waals surface area (Å²) in [5.74, 6) is 0.285. The summed E-state index contributed by atoms with van der Waals surface area (Å²) < 4.78 is 0. The Morgan fingerprint density at radius 3 is 2.86 bits per heavy atom. The van der Waals surface area contributed by atoms with Gasteiger partial charge in [0.2, 0.25) is 0 Å². The Bertz CT molecular complexity index is 517. The molecule has 0 spiro atoms. The zero-order valence-corrected chi connectivity index (χ0v) is 7.98. The van der Waals surface area contributed by atoms with Crippen LogP contribution < -0.4 is 5.56 Å². The first kappa shape index (κ1) is 8.80. The molecule has 5 heteroatoms. The lowest BCUT2D eigenvalue weighted by atomic mass is 10.1. The average molecular weight is 190 g/mol. The van der Waals surface area contributed by atoms with E-state index < -0.39 is 0 Å². The molecule has 0 unspecified atom stereocenters. The quantitative estimate of drug-likeness (QED) is 0.723. The van der Waals surface area contributed by atoms with E-state index in [1.807, 2.05) is 13.8 Å². The number of H-pyrrole nitrogens is 1. The third-order valence-electron chi connectivity index (χ3n) is 1.96. The summed E-state index contributed by atoms with van der Waals surface area (Å²) in [6.45, 7) is 4.03. The molecule has 0 radical (unpaired) electrons. The highest BCUT2D eigenvalue weighted by Crippen LogP contribution is 2.10. The van der Waals surface area contributed by atoms with Crippen LogP contribution in [-0.4, -0.2) is 19.9 Å². The Balaban J connectivity index is 2.74. The van der Waals surface area contributed by atoms with E-state index in [2.05, 4.69) is 19.9 Å². The molecule has 2 rings (SSSR count). The van der Waals surface area contributed by atoms with Crippen molar-refractivity contribution in [3.8, 4) is 0 Å². The molecule has 1 N–H and O–H groups in total. The van der Waals surface area contributed by atoms with Crippen LogP contribution in [0.1, 0.15) is 25.5 Å². The Hall–Kier alpha value is -1.78. The molecule has 0 aliphatic rings. The van der Waals surface area contributed by atoms with Gasteiger partial charge in [0.05, 0.1) is 12.0 Å². The average Bonchev–Trinajstić information content (AvgIpc) is 2.17. The summed E-state index contributed by atoms with van der Waals surface area (Å²) in [5, 5.41) is 0. The number of rotatable bonds is 1. The van der Waals surface area contributed by atoms with Crippen molar-refractivity contribution in [2.24, 2.45) is 0 Å². The van der Waals surface area contributed by atoms with Crippen LogP contribution in [0.4, 0.5) is 0 Å². The lowest BCUT2D eigenvalue weighted by Gasteiger charge is -2.02. The fourth-order valence-corrected chi connectivity index (χ4v) is 1.14. The summed E-state index contributed by atoms with van der Waals surface area (Å²) in [6, 6.07) is 0. The lowest BCUT2D eigenvalue weighted by Crippen LogP contribution is -2.10. The van der Waals surface area contributed by atoms with Crippen LogP contribution in [0.15, 0.2) is 17.3 Å². The molecule has 0 amide bonds. The van der Waals surface area contributed by atoms with Gasteiger partial charge in [0, 0.05) is 6.20 Å². The Labute approximate surface area is 80.2 Å². The normalized spacial score (nSPS) is 11.1. The van der Waals surface area contributed by atoms with Gasteiger partial charge in [0.25, 0.3) is 5.56 Å². The first-order valence-corrected chi connectivity index (χ1v) is 4.39. The monoisotopic (exact) mass is 190 g/mol. The molecule has 2 aromatic rings. The van der Waals surface area contributed by atoms with Crippen LogP contribution in [0.3, 0.4) is 0 Å². The van der Waals surface area contributed by atoms with Crippen molar-refractivity contribution in [3.63, 3.8) is 0 Å². The van der Waals surface area contributed by atoms with Crippen molar-refractivity contribution in [2.45, 2.75) is 19.8 Å². The highest BCUT2D eigenvalue weighted by Gasteiger charge is 2.06. The summed E-state index contributed by atoms with van der Waals surface area (Å²) >= 11 is 0. The molecule has 72 valence electrons. The SMILES string of the molecule is CC(C)c1cnc2c(=O)[nH]cnc2n1. The van der Waals surface area contributed by atoms with E-state index in [4.69, 9.17) is 0 Å². The third kappa shape index (κ3) is 1.37. The van der Waals surface area contributed by atoms with Gasteiger partial charge in [-0.2, -0.15) is 0 Å². The number of nitrogens with one attached hydrogen (secondary N) is 1. The minimum Gasteiger partial charge on any atom is -0.311 e. The molecule has 0 saturated heterocycles. The van der Waals surface area contributed by atoms with Crippen LogP contribution in [0.5, 0.6) is 0 Å². The van der Waals surface area contributed by atoms with Crippen LogP contribution >= 0.6 is 0 Å². The van der Waals surface area contributed by atoms with E-state index in [1.165, 1.54) is 6.33 Å². The molecule has 0 atom stereocenters. The van der Waals surface area contributed by atoms with Gasteiger partial charge in [-0.3, -0.25) is 4.79 Å². The number of hydrogen-bond acceptors (Lipinski definition) is 4. The van der Waals surface area contributed by atoms with Gasteiger partial charge >= 0.3 is 0 Å². The predicted molar refractivity (Wildman–Crippen MR) is 52.0 cm³/mol. The highest BCUT2D eigenvalue weighted by atomic mass is 16.1. The summed E-state index contributed by atoms with van der Waals surface area (Å²) in [5.41, 5.74) is 1.28. The fourth-order valence-electron chi connectivity index (χ4n) is 1.14. The molecule has 0 aromatic carbocycles. The molecule has 14 heavy (non-hydrogen) atoms. The van der Waals surface area contributed by atoms with E-state index in [0.29, 0.717) is 5.65 Å². The first-order chi connectivity index (χ1) is 6.68. The third-order valence-corrected chi connectivity index (χ3v) is 1.96. The maximum Gasteiger partial charge on any atom is 0.278 e. The lowest BCUT2D eigenvalue weighted by molar-refractivity contribution is 0.818. The molecule has 0 aliphatic carbocycles. The van der Waals surface area contributed by atoms with Crippen LogP contribution in [-0.2, 0) is 0 Å². The Morgan fingerprint density at radius 1 is 1.36 bits per heavy atom.